The zero-order valence-corrected chi connectivity index (χ0v) is 12.5. The molecule has 114 valence electrons. The number of esters is 1. The van der Waals surface area contributed by atoms with Gasteiger partial charge in [-0.05, 0) is 44.7 Å². The van der Waals surface area contributed by atoms with Crippen LogP contribution in [0, 0.1) is 16.0 Å². The predicted molar refractivity (Wildman–Crippen MR) is 79.6 cm³/mol. The molecule has 1 saturated carbocycles. The van der Waals surface area contributed by atoms with Crippen molar-refractivity contribution in [3.05, 3.63) is 33.9 Å². The fourth-order valence-corrected chi connectivity index (χ4v) is 2.32. The van der Waals surface area contributed by atoms with Crippen molar-refractivity contribution in [1.82, 2.24) is 0 Å². The molecule has 0 aromatic heterocycles. The van der Waals surface area contributed by atoms with Gasteiger partial charge in [-0.15, -0.1) is 0 Å². The summed E-state index contributed by atoms with van der Waals surface area (Å²) >= 11 is 0. The van der Waals surface area contributed by atoms with E-state index in [-0.39, 0.29) is 11.7 Å². The van der Waals surface area contributed by atoms with Gasteiger partial charge in [0.1, 0.15) is 5.69 Å². The number of nitro benzene ring substituents is 1. The average Bonchev–Trinajstić information content (AvgIpc) is 3.26. The van der Waals surface area contributed by atoms with Crippen LogP contribution in [0.25, 0.3) is 0 Å². The Morgan fingerprint density at radius 2 is 2.14 bits per heavy atom. The van der Waals surface area contributed by atoms with Gasteiger partial charge in [-0.1, -0.05) is 0 Å². The second-order valence-electron chi connectivity index (χ2n) is 5.64. The standard InChI is InChI=1S/C15H20N2O4/c1-10(2)16(9-11-4-5-11)14-8-12(15(18)21-3)6-7-13(14)17(19)20/h6-8,10-11H,4-5,9H2,1-3H3. The summed E-state index contributed by atoms with van der Waals surface area (Å²) < 4.78 is 4.70. The van der Waals surface area contributed by atoms with Crippen LogP contribution in [0.15, 0.2) is 18.2 Å². The van der Waals surface area contributed by atoms with Crippen molar-refractivity contribution in [2.24, 2.45) is 5.92 Å². The predicted octanol–water partition coefficient (Wildman–Crippen LogP) is 3.01. The van der Waals surface area contributed by atoms with Crippen LogP contribution in [0.3, 0.4) is 0 Å². The van der Waals surface area contributed by atoms with Crippen LogP contribution >= 0.6 is 0 Å². The summed E-state index contributed by atoms with van der Waals surface area (Å²) in [6.45, 7) is 4.77. The van der Waals surface area contributed by atoms with Crippen molar-refractivity contribution < 1.29 is 14.5 Å². The van der Waals surface area contributed by atoms with Gasteiger partial charge in [0.05, 0.1) is 17.6 Å². The Morgan fingerprint density at radius 1 is 1.48 bits per heavy atom. The zero-order chi connectivity index (χ0) is 15.6. The first-order valence-corrected chi connectivity index (χ1v) is 7.07. The van der Waals surface area contributed by atoms with E-state index in [4.69, 9.17) is 4.74 Å². The summed E-state index contributed by atoms with van der Waals surface area (Å²) in [4.78, 5) is 24.5. The molecule has 0 unspecified atom stereocenters. The second kappa shape index (κ2) is 6.11. The van der Waals surface area contributed by atoms with Crippen LogP contribution in [0.1, 0.15) is 37.0 Å². The Kier molecular flexibility index (Phi) is 4.45. The molecule has 0 amide bonds. The van der Waals surface area contributed by atoms with Crippen molar-refractivity contribution in [3.63, 3.8) is 0 Å². The van der Waals surface area contributed by atoms with E-state index in [2.05, 4.69) is 0 Å². The minimum atomic E-state index is -0.485. The molecule has 6 nitrogen and oxygen atoms in total. The lowest BCUT2D eigenvalue weighted by Gasteiger charge is -2.29. The summed E-state index contributed by atoms with van der Waals surface area (Å²) in [5, 5.41) is 11.3. The molecule has 0 heterocycles. The van der Waals surface area contributed by atoms with Crippen LogP contribution in [0.4, 0.5) is 11.4 Å². The lowest BCUT2D eigenvalue weighted by Crippen LogP contribution is -2.33. The molecule has 1 aromatic rings. The molecule has 1 aromatic carbocycles. The highest BCUT2D eigenvalue weighted by atomic mass is 16.6. The van der Waals surface area contributed by atoms with Crippen molar-refractivity contribution in [1.29, 1.82) is 0 Å². The molecular weight excluding hydrogens is 272 g/mol. The Balaban J connectivity index is 2.44. The van der Waals surface area contributed by atoms with Gasteiger partial charge in [-0.3, -0.25) is 10.1 Å². The van der Waals surface area contributed by atoms with Crippen LogP contribution in [0.5, 0.6) is 0 Å². The van der Waals surface area contributed by atoms with Gasteiger partial charge >= 0.3 is 5.97 Å². The van der Waals surface area contributed by atoms with E-state index in [9.17, 15) is 14.9 Å². The highest BCUT2D eigenvalue weighted by molar-refractivity contribution is 5.91. The maximum Gasteiger partial charge on any atom is 0.337 e. The van der Waals surface area contributed by atoms with Gasteiger partial charge in [-0.25, -0.2) is 4.79 Å². The smallest absolute Gasteiger partial charge is 0.337 e. The van der Waals surface area contributed by atoms with Crippen LogP contribution in [0.2, 0.25) is 0 Å². The highest BCUT2D eigenvalue weighted by Gasteiger charge is 2.29. The molecule has 1 aliphatic rings. The quantitative estimate of drug-likeness (QED) is 0.458. The van der Waals surface area contributed by atoms with Crippen molar-refractivity contribution in [2.75, 3.05) is 18.6 Å². The molecule has 21 heavy (non-hydrogen) atoms. The number of methoxy groups -OCH3 is 1. The van der Waals surface area contributed by atoms with Gasteiger partial charge in [0.25, 0.3) is 5.69 Å². The number of benzene rings is 1. The van der Waals surface area contributed by atoms with E-state index in [0.29, 0.717) is 17.2 Å². The first-order chi connectivity index (χ1) is 9.93. The van der Waals surface area contributed by atoms with Crippen LogP contribution in [-0.2, 0) is 4.74 Å². The molecule has 2 rings (SSSR count). The van der Waals surface area contributed by atoms with Crippen molar-refractivity contribution in [2.45, 2.75) is 32.7 Å². The third-order valence-corrected chi connectivity index (χ3v) is 3.68. The normalized spacial score (nSPS) is 14.1. The van der Waals surface area contributed by atoms with E-state index >= 15 is 0 Å². The number of rotatable bonds is 6. The SMILES string of the molecule is COC(=O)c1ccc([N+](=O)[O-])c(N(CC2CC2)C(C)C)c1. The number of carbonyl (C=O) groups is 1. The summed E-state index contributed by atoms with van der Waals surface area (Å²) in [5.74, 6) is 0.107. The molecule has 1 fully saturated rings. The molecule has 1 aliphatic carbocycles. The van der Waals surface area contributed by atoms with Crippen LogP contribution in [-0.4, -0.2) is 30.6 Å². The van der Waals surface area contributed by atoms with Crippen molar-refractivity contribution >= 4 is 17.3 Å². The van der Waals surface area contributed by atoms with E-state index in [1.165, 1.54) is 19.2 Å². The zero-order valence-electron chi connectivity index (χ0n) is 12.5. The third-order valence-electron chi connectivity index (χ3n) is 3.68. The number of nitro groups is 1. The molecule has 6 heteroatoms. The lowest BCUT2D eigenvalue weighted by atomic mass is 10.1. The summed E-state index contributed by atoms with van der Waals surface area (Å²) in [6, 6.07) is 4.50. The summed E-state index contributed by atoms with van der Waals surface area (Å²) in [5.41, 5.74) is 0.848. The lowest BCUT2D eigenvalue weighted by molar-refractivity contribution is -0.384. The Morgan fingerprint density at radius 3 is 2.62 bits per heavy atom. The second-order valence-corrected chi connectivity index (χ2v) is 5.64. The number of nitrogens with zero attached hydrogens (tertiary/aromatic N) is 2. The van der Waals surface area contributed by atoms with Crippen LogP contribution < -0.4 is 4.90 Å². The molecular formula is C15H20N2O4. The Hall–Kier alpha value is -2.11. The number of hydrogen-bond acceptors (Lipinski definition) is 5. The molecule has 0 radical (unpaired) electrons. The maximum atomic E-state index is 11.7. The number of carbonyl (C=O) groups excluding carboxylic acids is 1. The molecule has 0 atom stereocenters. The minimum Gasteiger partial charge on any atom is -0.465 e. The molecule has 0 bridgehead atoms. The molecule has 0 spiro atoms. The molecule has 0 saturated heterocycles. The summed E-state index contributed by atoms with van der Waals surface area (Å²) in [6.07, 6.45) is 2.32. The van der Waals surface area contributed by atoms with Gasteiger partial charge in [-0.2, -0.15) is 0 Å². The number of hydrogen-bond donors (Lipinski definition) is 0. The number of anilines is 1. The minimum absolute atomic E-state index is 0.0250. The van der Waals surface area contributed by atoms with Gasteiger partial charge in [0.2, 0.25) is 0 Å². The first-order valence-electron chi connectivity index (χ1n) is 7.07. The Labute approximate surface area is 123 Å². The Bertz CT molecular complexity index is 553. The molecule has 0 N–H and O–H groups in total. The van der Waals surface area contributed by atoms with Gasteiger partial charge in [0, 0.05) is 18.7 Å². The van der Waals surface area contributed by atoms with E-state index in [0.717, 1.165) is 19.4 Å². The average molecular weight is 292 g/mol. The maximum absolute atomic E-state index is 11.7. The highest BCUT2D eigenvalue weighted by Crippen LogP contribution is 2.36. The van der Waals surface area contributed by atoms with Crippen molar-refractivity contribution in [3.8, 4) is 0 Å². The van der Waals surface area contributed by atoms with E-state index < -0.39 is 10.9 Å². The van der Waals surface area contributed by atoms with E-state index in [1.54, 1.807) is 6.07 Å². The van der Waals surface area contributed by atoms with Gasteiger partial charge < -0.3 is 9.64 Å². The summed E-state index contributed by atoms with van der Waals surface area (Å²) in [7, 11) is 1.30. The third kappa shape index (κ3) is 3.51. The largest absolute Gasteiger partial charge is 0.465 e. The fraction of sp³-hybridized carbons (Fsp3) is 0.533. The monoisotopic (exact) mass is 292 g/mol. The topological polar surface area (TPSA) is 72.7 Å². The van der Waals surface area contributed by atoms with E-state index in [1.807, 2.05) is 18.7 Å². The fourth-order valence-electron chi connectivity index (χ4n) is 2.32. The molecule has 0 aliphatic heterocycles. The first kappa shape index (κ1) is 15.3. The number of ether oxygens (including phenoxy) is 1. The van der Waals surface area contributed by atoms with Gasteiger partial charge in [0.15, 0.2) is 0 Å².